The molecule has 1 atom stereocenters. The molecule has 1 aliphatic heterocycles. The third kappa shape index (κ3) is 4.03. The number of nitrogens with zero attached hydrogens (tertiary/aromatic N) is 3. The van der Waals surface area contributed by atoms with Gasteiger partial charge in [-0.25, -0.2) is 4.98 Å². The zero-order valence-corrected chi connectivity index (χ0v) is 17.4. The van der Waals surface area contributed by atoms with E-state index in [1.54, 1.807) is 35.2 Å². The number of ether oxygens (including phenoxy) is 1. The van der Waals surface area contributed by atoms with Gasteiger partial charge < -0.3 is 9.64 Å². The smallest absolute Gasteiger partial charge is 0.266 e. The minimum atomic E-state index is -0.408. The summed E-state index contributed by atoms with van der Waals surface area (Å²) in [4.78, 5) is 32.7. The van der Waals surface area contributed by atoms with Crippen molar-refractivity contribution in [2.45, 2.75) is 17.3 Å². The molecule has 0 saturated carbocycles. The summed E-state index contributed by atoms with van der Waals surface area (Å²) in [6.45, 7) is 4.07. The van der Waals surface area contributed by atoms with Crippen LogP contribution in [0.25, 0.3) is 16.6 Å². The molecule has 2 heterocycles. The van der Waals surface area contributed by atoms with Gasteiger partial charge in [0.2, 0.25) is 5.91 Å². The highest BCUT2D eigenvalue weighted by Gasteiger charge is 2.26. The lowest BCUT2D eigenvalue weighted by molar-refractivity contribution is -0.134. The van der Waals surface area contributed by atoms with Crippen LogP contribution in [0.1, 0.15) is 6.92 Å². The quantitative estimate of drug-likeness (QED) is 0.470. The predicted octanol–water partition coefficient (Wildman–Crippen LogP) is 3.38. The minimum Gasteiger partial charge on any atom is -0.378 e. The summed E-state index contributed by atoms with van der Waals surface area (Å²) >= 11 is 7.65. The Balaban J connectivity index is 1.78. The van der Waals surface area contributed by atoms with Crippen LogP contribution < -0.4 is 5.56 Å². The Bertz CT molecular complexity index is 1110. The number of carbonyl (C=O) groups excluding carboxylic acids is 1. The average Bonchev–Trinajstić information content (AvgIpc) is 2.75. The maximum atomic E-state index is 13.3. The molecule has 1 aromatic heterocycles. The van der Waals surface area contributed by atoms with Crippen molar-refractivity contribution in [3.8, 4) is 5.69 Å². The number of fused-ring (bicyclic) bond motifs is 1. The molecule has 0 bridgehead atoms. The van der Waals surface area contributed by atoms with E-state index in [0.29, 0.717) is 53.1 Å². The van der Waals surface area contributed by atoms with Crippen LogP contribution in [-0.2, 0) is 9.53 Å². The number of hydrogen-bond acceptors (Lipinski definition) is 5. The van der Waals surface area contributed by atoms with Gasteiger partial charge in [0.15, 0.2) is 5.16 Å². The Morgan fingerprint density at radius 3 is 2.59 bits per heavy atom. The molecule has 4 rings (SSSR count). The van der Waals surface area contributed by atoms with E-state index >= 15 is 0 Å². The molecule has 0 radical (unpaired) electrons. The van der Waals surface area contributed by atoms with Crippen LogP contribution in [0.15, 0.2) is 58.5 Å². The van der Waals surface area contributed by atoms with Gasteiger partial charge in [-0.1, -0.05) is 47.6 Å². The molecule has 1 aliphatic rings. The van der Waals surface area contributed by atoms with Gasteiger partial charge in [0.25, 0.3) is 5.56 Å². The molecule has 1 unspecified atom stereocenters. The molecule has 8 heteroatoms. The minimum absolute atomic E-state index is 0.00594. The number of amides is 1. The van der Waals surface area contributed by atoms with Gasteiger partial charge in [-0.2, -0.15) is 0 Å². The number of carbonyl (C=O) groups is 1. The van der Waals surface area contributed by atoms with Crippen molar-refractivity contribution in [1.82, 2.24) is 14.5 Å². The third-order valence-electron chi connectivity index (χ3n) is 4.79. The van der Waals surface area contributed by atoms with E-state index in [9.17, 15) is 9.59 Å². The van der Waals surface area contributed by atoms with Crippen LogP contribution in [0.4, 0.5) is 0 Å². The predicted molar refractivity (Wildman–Crippen MR) is 115 cm³/mol. The van der Waals surface area contributed by atoms with E-state index in [4.69, 9.17) is 21.3 Å². The summed E-state index contributed by atoms with van der Waals surface area (Å²) in [5, 5.41) is 0.982. The second-order valence-electron chi connectivity index (χ2n) is 6.70. The van der Waals surface area contributed by atoms with Crippen molar-refractivity contribution in [3.05, 3.63) is 63.9 Å². The standard InChI is InChI=1S/C21H20ClN3O3S/c1-14(19(26)24-10-12-28-13-11-24)29-21-23-17-8-4-2-6-15(17)20(27)25(21)18-9-5-3-7-16(18)22/h2-9,14H,10-13H2,1H3. The summed E-state index contributed by atoms with van der Waals surface area (Å²) in [7, 11) is 0. The van der Waals surface area contributed by atoms with Crippen LogP contribution in [-0.4, -0.2) is 51.9 Å². The Hall–Kier alpha value is -2.35. The number of rotatable bonds is 4. The molecule has 2 aromatic carbocycles. The van der Waals surface area contributed by atoms with E-state index in [0.717, 1.165) is 0 Å². The Morgan fingerprint density at radius 2 is 1.83 bits per heavy atom. The summed E-state index contributed by atoms with van der Waals surface area (Å²) in [6, 6.07) is 14.3. The molecule has 6 nitrogen and oxygen atoms in total. The van der Waals surface area contributed by atoms with Crippen molar-refractivity contribution < 1.29 is 9.53 Å². The first-order valence-electron chi connectivity index (χ1n) is 9.36. The van der Waals surface area contributed by atoms with Gasteiger partial charge in [-0.15, -0.1) is 0 Å². The van der Waals surface area contributed by atoms with Crippen molar-refractivity contribution in [3.63, 3.8) is 0 Å². The summed E-state index contributed by atoms with van der Waals surface area (Å²) in [5.74, 6) is 0.00594. The maximum Gasteiger partial charge on any atom is 0.266 e. The Morgan fingerprint density at radius 1 is 1.14 bits per heavy atom. The van der Waals surface area contributed by atoms with E-state index in [1.165, 1.54) is 16.3 Å². The summed E-state index contributed by atoms with van der Waals surface area (Å²) < 4.78 is 6.83. The lowest BCUT2D eigenvalue weighted by Crippen LogP contribution is -2.44. The molecule has 0 aliphatic carbocycles. The van der Waals surface area contributed by atoms with Gasteiger partial charge in [0, 0.05) is 13.1 Å². The molecule has 1 saturated heterocycles. The highest BCUT2D eigenvalue weighted by molar-refractivity contribution is 8.00. The molecule has 0 spiro atoms. The van der Waals surface area contributed by atoms with E-state index in [2.05, 4.69) is 0 Å². The van der Waals surface area contributed by atoms with Gasteiger partial charge >= 0.3 is 0 Å². The normalized spacial score (nSPS) is 15.4. The van der Waals surface area contributed by atoms with Crippen molar-refractivity contribution in [2.75, 3.05) is 26.3 Å². The molecule has 150 valence electrons. The summed E-state index contributed by atoms with van der Waals surface area (Å²) in [5.41, 5.74) is 0.928. The first kappa shape index (κ1) is 19.9. The van der Waals surface area contributed by atoms with Crippen molar-refractivity contribution in [2.24, 2.45) is 0 Å². The Labute approximate surface area is 177 Å². The number of thioether (sulfide) groups is 1. The molecule has 1 fully saturated rings. The first-order valence-corrected chi connectivity index (χ1v) is 10.6. The molecule has 1 amide bonds. The van der Waals surface area contributed by atoms with Crippen LogP contribution >= 0.6 is 23.4 Å². The topological polar surface area (TPSA) is 64.4 Å². The largest absolute Gasteiger partial charge is 0.378 e. The monoisotopic (exact) mass is 429 g/mol. The molecule has 0 N–H and O–H groups in total. The number of hydrogen-bond donors (Lipinski definition) is 0. The van der Waals surface area contributed by atoms with Crippen LogP contribution in [0.5, 0.6) is 0 Å². The second-order valence-corrected chi connectivity index (χ2v) is 8.42. The van der Waals surface area contributed by atoms with Gasteiger partial charge in [0.05, 0.1) is 40.1 Å². The number of morpholine rings is 1. The molecular formula is C21H20ClN3O3S. The first-order chi connectivity index (χ1) is 14.1. The van der Waals surface area contributed by atoms with Crippen LogP contribution in [0.3, 0.4) is 0 Å². The van der Waals surface area contributed by atoms with Crippen molar-refractivity contribution in [1.29, 1.82) is 0 Å². The lowest BCUT2D eigenvalue weighted by atomic mass is 10.2. The van der Waals surface area contributed by atoms with Gasteiger partial charge in [-0.05, 0) is 31.2 Å². The lowest BCUT2D eigenvalue weighted by Gasteiger charge is -2.29. The van der Waals surface area contributed by atoms with Crippen molar-refractivity contribution >= 4 is 40.2 Å². The van der Waals surface area contributed by atoms with E-state index in [-0.39, 0.29) is 11.5 Å². The fourth-order valence-electron chi connectivity index (χ4n) is 3.29. The summed E-state index contributed by atoms with van der Waals surface area (Å²) in [6.07, 6.45) is 0. The SMILES string of the molecule is CC(Sc1nc2ccccc2c(=O)n1-c1ccccc1Cl)C(=O)N1CCOCC1. The zero-order chi connectivity index (χ0) is 20.4. The second kappa shape index (κ2) is 8.57. The number of para-hydroxylation sites is 2. The Kier molecular flexibility index (Phi) is 5.89. The highest BCUT2D eigenvalue weighted by Crippen LogP contribution is 2.28. The maximum absolute atomic E-state index is 13.3. The third-order valence-corrected chi connectivity index (χ3v) is 6.15. The number of benzene rings is 2. The fourth-order valence-corrected chi connectivity index (χ4v) is 4.51. The number of halogens is 1. The number of aromatic nitrogens is 2. The average molecular weight is 430 g/mol. The van der Waals surface area contributed by atoms with Gasteiger partial charge in [0.1, 0.15) is 0 Å². The zero-order valence-electron chi connectivity index (χ0n) is 15.9. The molecule has 29 heavy (non-hydrogen) atoms. The molecule has 3 aromatic rings. The van der Waals surface area contributed by atoms with Gasteiger partial charge in [-0.3, -0.25) is 14.2 Å². The van der Waals surface area contributed by atoms with Crippen LogP contribution in [0.2, 0.25) is 5.02 Å². The van der Waals surface area contributed by atoms with Crippen LogP contribution in [0, 0.1) is 0 Å². The van der Waals surface area contributed by atoms with E-state index in [1.807, 2.05) is 25.1 Å². The fraction of sp³-hybridized carbons (Fsp3) is 0.286. The van der Waals surface area contributed by atoms with E-state index < -0.39 is 5.25 Å². The molecular weight excluding hydrogens is 410 g/mol. The highest BCUT2D eigenvalue weighted by atomic mass is 35.5.